The van der Waals surface area contributed by atoms with Crippen molar-refractivity contribution < 1.29 is 24.0 Å². The molecule has 8 heteroatoms. The van der Waals surface area contributed by atoms with Crippen molar-refractivity contribution in [1.82, 2.24) is 9.71 Å². The fourth-order valence-electron chi connectivity index (χ4n) is 11.4. The summed E-state index contributed by atoms with van der Waals surface area (Å²) in [5.41, 5.74) is -1.08. The third-order valence-electron chi connectivity index (χ3n) is 13.1. The molecule has 40 heavy (non-hydrogen) atoms. The first-order valence-electron chi connectivity index (χ1n) is 16.1. The molecule has 0 aromatic carbocycles. The van der Waals surface area contributed by atoms with Crippen LogP contribution in [-0.2, 0) is 24.0 Å². The molecule has 0 aromatic rings. The summed E-state index contributed by atoms with van der Waals surface area (Å²) in [6.07, 6.45) is 8.34. The lowest BCUT2D eigenvalue weighted by Crippen LogP contribution is -2.49. The molecule has 5 unspecified atom stereocenters. The maximum atomic E-state index is 14.8. The predicted molar refractivity (Wildman–Crippen MR) is 148 cm³/mol. The number of imide groups is 2. The van der Waals surface area contributed by atoms with Gasteiger partial charge in [-0.05, 0) is 80.9 Å². The minimum absolute atomic E-state index is 0.0112. The Kier molecular flexibility index (Phi) is 5.73. The lowest BCUT2D eigenvalue weighted by molar-refractivity contribution is -0.145. The number of carbonyl (C=O) groups excluding carboxylic acids is 5. The van der Waals surface area contributed by atoms with E-state index in [1.165, 1.54) is 9.71 Å². The molecule has 1 radical (unpaired) electrons. The zero-order chi connectivity index (χ0) is 28.5. The second kappa shape index (κ2) is 8.53. The van der Waals surface area contributed by atoms with Crippen LogP contribution in [0.5, 0.6) is 0 Å². The first-order chi connectivity index (χ1) is 18.9. The van der Waals surface area contributed by atoms with Crippen LogP contribution in [0.2, 0.25) is 5.31 Å². The Bertz CT molecular complexity index is 1220. The molecule has 5 aliphatic carbocycles. The van der Waals surface area contributed by atoms with Crippen LogP contribution in [-0.4, -0.2) is 52.6 Å². The van der Waals surface area contributed by atoms with Crippen molar-refractivity contribution in [3.8, 4) is 0 Å². The SMILES string of the molecule is CCCCC(C)(C)[B]N1C(=O)C2C(C1=O)[C@H]1C[C@@H]2C[C@]12CC[C@]1(C[C@H]3C[C@@H]1C1C(=O)N(C(C)CC)C(=O)C13)C2=O. The Balaban J connectivity index is 1.14. The second-order valence-electron chi connectivity index (χ2n) is 15.4. The van der Waals surface area contributed by atoms with Crippen LogP contribution in [0.25, 0.3) is 0 Å². The molecule has 4 amide bonds. The molecule has 5 saturated carbocycles. The number of carbonyl (C=O) groups is 5. The summed E-state index contributed by atoms with van der Waals surface area (Å²) >= 11 is 0. The summed E-state index contributed by atoms with van der Waals surface area (Å²) in [6, 6.07) is -0.105. The van der Waals surface area contributed by atoms with E-state index < -0.39 is 10.8 Å². The van der Waals surface area contributed by atoms with E-state index in [-0.39, 0.29) is 88.1 Å². The molecule has 7 aliphatic rings. The van der Waals surface area contributed by atoms with Gasteiger partial charge in [-0.2, -0.15) is 0 Å². The monoisotopic (exact) mass is 547 g/mol. The van der Waals surface area contributed by atoms with Crippen LogP contribution >= 0.6 is 0 Å². The van der Waals surface area contributed by atoms with Gasteiger partial charge >= 0.3 is 0 Å². The highest BCUT2D eigenvalue weighted by Crippen LogP contribution is 2.75. The Morgan fingerprint density at radius 3 is 1.88 bits per heavy atom. The predicted octanol–water partition coefficient (Wildman–Crippen LogP) is 4.41. The number of hydrogen-bond donors (Lipinski definition) is 0. The van der Waals surface area contributed by atoms with Crippen molar-refractivity contribution in [1.29, 1.82) is 0 Å². The van der Waals surface area contributed by atoms with Crippen molar-refractivity contribution in [3.63, 3.8) is 0 Å². The zero-order valence-electron chi connectivity index (χ0n) is 24.8. The van der Waals surface area contributed by atoms with Crippen LogP contribution in [0.3, 0.4) is 0 Å². The molecule has 2 saturated heterocycles. The van der Waals surface area contributed by atoms with Gasteiger partial charge < -0.3 is 4.81 Å². The van der Waals surface area contributed by atoms with Crippen LogP contribution < -0.4 is 0 Å². The molecule has 7 fully saturated rings. The molecule has 0 N–H and O–H groups in total. The van der Waals surface area contributed by atoms with Gasteiger partial charge in [0.15, 0.2) is 0 Å². The van der Waals surface area contributed by atoms with E-state index in [9.17, 15) is 24.0 Å². The maximum Gasteiger partial charge on any atom is 0.266 e. The van der Waals surface area contributed by atoms with Gasteiger partial charge in [-0.25, -0.2) is 0 Å². The molecule has 7 nitrogen and oxygen atoms in total. The number of rotatable bonds is 7. The molecule has 2 spiro atoms. The number of likely N-dealkylation sites (tertiary alicyclic amines) is 1. The van der Waals surface area contributed by atoms with Gasteiger partial charge in [0.1, 0.15) is 5.78 Å². The number of fused-ring (bicyclic) bond motifs is 12. The molecule has 11 atom stereocenters. The maximum absolute atomic E-state index is 14.8. The van der Waals surface area contributed by atoms with E-state index in [1.54, 1.807) is 0 Å². The lowest BCUT2D eigenvalue weighted by atomic mass is 9.58. The molecule has 215 valence electrons. The minimum atomic E-state index is -0.544. The van der Waals surface area contributed by atoms with Crippen LogP contribution in [0.1, 0.15) is 98.8 Å². The molecule has 2 heterocycles. The summed E-state index contributed by atoms with van der Waals surface area (Å²) in [7, 11) is 1.87. The first kappa shape index (κ1) is 26.9. The summed E-state index contributed by atoms with van der Waals surface area (Å²) in [4.78, 5) is 72.1. The summed E-state index contributed by atoms with van der Waals surface area (Å²) in [6.45, 7) is 10.3. The van der Waals surface area contributed by atoms with Crippen molar-refractivity contribution >= 4 is 36.8 Å². The summed E-state index contributed by atoms with van der Waals surface area (Å²) in [5.74, 6) is -1.12. The lowest BCUT2D eigenvalue weighted by Gasteiger charge is -2.42. The quantitative estimate of drug-likeness (QED) is 0.348. The molecular formula is C32H44BN2O5. The number of nitrogens with zero attached hydrogens (tertiary/aromatic N) is 2. The smallest absolute Gasteiger partial charge is 0.266 e. The average molecular weight is 548 g/mol. The zero-order valence-corrected chi connectivity index (χ0v) is 24.8. The third kappa shape index (κ3) is 3.12. The number of Topliss-reactive ketones (excluding diaryl/α,β-unsaturated/α-hetero) is 1. The van der Waals surface area contributed by atoms with E-state index in [0.717, 1.165) is 57.8 Å². The molecule has 7 rings (SSSR count). The fourth-order valence-corrected chi connectivity index (χ4v) is 11.4. The van der Waals surface area contributed by atoms with Crippen LogP contribution in [0.15, 0.2) is 0 Å². The second-order valence-corrected chi connectivity index (χ2v) is 15.4. The Morgan fingerprint density at radius 1 is 0.825 bits per heavy atom. The van der Waals surface area contributed by atoms with Crippen molar-refractivity contribution in [2.24, 2.45) is 58.2 Å². The van der Waals surface area contributed by atoms with Gasteiger partial charge in [0.25, 0.3) is 7.41 Å². The molecule has 0 aromatic heterocycles. The molecule has 2 aliphatic heterocycles. The van der Waals surface area contributed by atoms with Gasteiger partial charge in [-0.15, -0.1) is 0 Å². The highest BCUT2D eigenvalue weighted by Gasteiger charge is 2.78. The summed E-state index contributed by atoms with van der Waals surface area (Å²) in [5, 5.41) is -0.238. The van der Waals surface area contributed by atoms with Crippen LogP contribution in [0.4, 0.5) is 0 Å². The number of hydrogen-bond acceptors (Lipinski definition) is 5. The van der Waals surface area contributed by atoms with Crippen LogP contribution in [0, 0.1) is 58.2 Å². The number of ketones is 1. The van der Waals surface area contributed by atoms with Crippen molar-refractivity contribution in [3.05, 3.63) is 0 Å². The Labute approximate surface area is 238 Å². The number of unbranched alkanes of at least 4 members (excludes halogenated alkanes) is 1. The fraction of sp³-hybridized carbons (Fsp3) is 0.844. The standard InChI is InChI=1S/C32H44BN2O5/c1-6-8-9-30(4,5)33-35-27(38)22-18-13-20(24(22)28(35)39)32(15-18)11-10-31(29(32)40)14-17-12-19(31)23-21(17)25(36)34(26(23)37)16(3)7-2/h16-24H,6-15H2,1-5H3/t16?,17-,18-,19-,20-,21?,22?,23?,24?,31-,32-/m1/s1. The highest BCUT2D eigenvalue weighted by atomic mass is 16.2. The van der Waals surface area contributed by atoms with E-state index in [1.807, 2.05) is 21.3 Å². The van der Waals surface area contributed by atoms with Gasteiger partial charge in [0, 0.05) is 16.9 Å². The summed E-state index contributed by atoms with van der Waals surface area (Å²) < 4.78 is 0. The van der Waals surface area contributed by atoms with E-state index in [0.29, 0.717) is 6.42 Å². The van der Waals surface area contributed by atoms with E-state index >= 15 is 0 Å². The van der Waals surface area contributed by atoms with E-state index in [4.69, 9.17) is 0 Å². The Hall–Kier alpha value is -1.99. The van der Waals surface area contributed by atoms with Gasteiger partial charge in [0.2, 0.25) is 23.6 Å². The van der Waals surface area contributed by atoms with Gasteiger partial charge in [-0.3, -0.25) is 28.9 Å². The van der Waals surface area contributed by atoms with Crippen molar-refractivity contribution in [2.45, 2.75) is 110 Å². The first-order valence-corrected chi connectivity index (χ1v) is 16.1. The Morgan fingerprint density at radius 2 is 1.32 bits per heavy atom. The topological polar surface area (TPSA) is 91.8 Å². The van der Waals surface area contributed by atoms with E-state index in [2.05, 4.69) is 20.8 Å². The highest BCUT2D eigenvalue weighted by molar-refractivity contribution is 6.47. The van der Waals surface area contributed by atoms with Crippen molar-refractivity contribution in [2.75, 3.05) is 0 Å². The van der Waals surface area contributed by atoms with Gasteiger partial charge in [0.05, 0.1) is 23.7 Å². The normalized spacial score (nSPS) is 45.7. The third-order valence-corrected chi connectivity index (χ3v) is 13.1. The molecule has 4 bridgehead atoms. The molecular weight excluding hydrogens is 503 g/mol. The van der Waals surface area contributed by atoms with Gasteiger partial charge in [-0.1, -0.05) is 47.0 Å². The largest absolute Gasteiger partial charge is 0.333 e. The number of amides is 4. The minimum Gasteiger partial charge on any atom is -0.333 e. The average Bonchev–Trinajstić information content (AvgIpc) is 3.76.